The minimum Gasteiger partial charge on any atom is -0.446 e. The van der Waals surface area contributed by atoms with Crippen LogP contribution in [0.1, 0.15) is 125 Å². The van der Waals surface area contributed by atoms with E-state index in [1.54, 1.807) is 5.57 Å². The standard InChI is InChI=1S/C38H67NO5/c1-7-29(25-40)26-43-23-22-42-21-9-20-39-36(41)44-31-16-18-37(5)30(24-31)12-13-32-34-15-14-33(28(4)11-8-10-27(2)3)38(34,6)19-17-35(32)37/h12,27-29,31-35,40H,7-11,13-26H2,1-6H3,(H,39,41)/t28-,29?,31-,32?,33?,34?,35?,37-,38+/m0/s1. The maximum absolute atomic E-state index is 12.6. The first-order chi connectivity index (χ1) is 21.1. The third-order valence-corrected chi connectivity index (χ3v) is 12.8. The monoisotopic (exact) mass is 618 g/mol. The van der Waals surface area contributed by atoms with Gasteiger partial charge in [-0.15, -0.1) is 0 Å². The number of carbonyl (C=O) groups excluding carboxylic acids is 1. The zero-order chi connectivity index (χ0) is 31.7. The predicted octanol–water partition coefficient (Wildman–Crippen LogP) is 8.56. The number of hydrogen-bond acceptors (Lipinski definition) is 5. The fourth-order valence-corrected chi connectivity index (χ4v) is 10.1. The Hall–Kier alpha value is -1.11. The lowest BCUT2D eigenvalue weighted by atomic mass is 9.47. The van der Waals surface area contributed by atoms with Crippen molar-refractivity contribution in [2.75, 3.05) is 39.6 Å². The molecule has 0 aromatic rings. The molecule has 254 valence electrons. The largest absolute Gasteiger partial charge is 0.446 e. The Morgan fingerprint density at radius 3 is 2.55 bits per heavy atom. The summed E-state index contributed by atoms with van der Waals surface area (Å²) in [5.41, 5.74) is 2.37. The third kappa shape index (κ3) is 8.62. The number of fused-ring (bicyclic) bond motifs is 5. The summed E-state index contributed by atoms with van der Waals surface area (Å²) in [5, 5.41) is 12.1. The number of carbonyl (C=O) groups is 1. The van der Waals surface area contributed by atoms with Gasteiger partial charge in [-0.1, -0.05) is 72.5 Å². The molecule has 1 amide bonds. The molecular weight excluding hydrogens is 550 g/mol. The predicted molar refractivity (Wildman–Crippen MR) is 178 cm³/mol. The maximum atomic E-state index is 12.6. The first kappa shape index (κ1) is 35.7. The second kappa shape index (κ2) is 16.6. The molecule has 0 saturated heterocycles. The Labute approximate surface area is 269 Å². The molecule has 4 aliphatic rings. The average Bonchev–Trinajstić information content (AvgIpc) is 3.35. The van der Waals surface area contributed by atoms with Crippen molar-refractivity contribution >= 4 is 6.09 Å². The highest BCUT2D eigenvalue weighted by Gasteiger charge is 2.59. The van der Waals surface area contributed by atoms with Crippen molar-refractivity contribution in [1.82, 2.24) is 5.32 Å². The quantitative estimate of drug-likeness (QED) is 0.126. The van der Waals surface area contributed by atoms with Gasteiger partial charge in [0.2, 0.25) is 0 Å². The number of aliphatic hydroxyl groups is 1. The van der Waals surface area contributed by atoms with Crippen molar-refractivity contribution in [3.8, 4) is 0 Å². The van der Waals surface area contributed by atoms with Gasteiger partial charge in [0.1, 0.15) is 6.10 Å². The molecule has 0 aromatic heterocycles. The van der Waals surface area contributed by atoms with Gasteiger partial charge < -0.3 is 24.6 Å². The van der Waals surface area contributed by atoms with Gasteiger partial charge in [-0.2, -0.15) is 0 Å². The summed E-state index contributed by atoms with van der Waals surface area (Å²) in [6, 6.07) is 0. The molecule has 0 aliphatic heterocycles. The zero-order valence-corrected chi connectivity index (χ0v) is 29.2. The minimum atomic E-state index is -0.293. The molecular formula is C38H67NO5. The maximum Gasteiger partial charge on any atom is 0.407 e. The number of rotatable bonds is 17. The van der Waals surface area contributed by atoms with E-state index >= 15 is 0 Å². The van der Waals surface area contributed by atoms with Gasteiger partial charge in [0.15, 0.2) is 0 Å². The molecule has 2 N–H and O–H groups in total. The number of ether oxygens (including phenoxy) is 3. The fraction of sp³-hybridized carbons (Fsp3) is 0.921. The number of amides is 1. The average molecular weight is 618 g/mol. The molecule has 6 heteroatoms. The lowest BCUT2D eigenvalue weighted by Crippen LogP contribution is -2.51. The Morgan fingerprint density at radius 2 is 1.80 bits per heavy atom. The van der Waals surface area contributed by atoms with Gasteiger partial charge in [0.05, 0.1) is 19.8 Å². The summed E-state index contributed by atoms with van der Waals surface area (Å²) in [7, 11) is 0. The summed E-state index contributed by atoms with van der Waals surface area (Å²) >= 11 is 0. The van der Waals surface area contributed by atoms with Crippen molar-refractivity contribution in [3.05, 3.63) is 11.6 Å². The normalized spacial score (nSPS) is 34.5. The van der Waals surface area contributed by atoms with Crippen LogP contribution < -0.4 is 5.32 Å². The van der Waals surface area contributed by atoms with Gasteiger partial charge in [0.25, 0.3) is 0 Å². The molecule has 3 fully saturated rings. The first-order valence-corrected chi connectivity index (χ1v) is 18.5. The fourth-order valence-electron chi connectivity index (χ4n) is 10.1. The van der Waals surface area contributed by atoms with Crippen molar-refractivity contribution in [1.29, 1.82) is 0 Å². The Kier molecular flexibility index (Phi) is 13.5. The molecule has 4 rings (SSSR count). The SMILES string of the molecule is CCC(CO)COCCOCCCNC(=O)O[C@H]1CC[C@@]2(C)C(=CCC3C4CCC([C@@H](C)CCCC(C)C)[C@@]4(C)CCC32)C1. The Balaban J connectivity index is 1.18. The minimum absolute atomic E-state index is 0.0125. The van der Waals surface area contributed by atoms with Gasteiger partial charge in [0, 0.05) is 32.1 Å². The zero-order valence-electron chi connectivity index (χ0n) is 29.2. The van der Waals surface area contributed by atoms with E-state index in [0.29, 0.717) is 38.4 Å². The van der Waals surface area contributed by atoms with Crippen LogP contribution in [0.4, 0.5) is 4.79 Å². The molecule has 5 unspecified atom stereocenters. The van der Waals surface area contributed by atoms with E-state index in [-0.39, 0.29) is 30.1 Å². The number of allylic oxidation sites excluding steroid dienone is 1. The van der Waals surface area contributed by atoms with Crippen molar-refractivity contribution < 1.29 is 24.1 Å². The van der Waals surface area contributed by atoms with E-state index in [0.717, 1.165) is 67.6 Å². The van der Waals surface area contributed by atoms with Crippen LogP contribution >= 0.6 is 0 Å². The van der Waals surface area contributed by atoms with Gasteiger partial charge >= 0.3 is 6.09 Å². The van der Waals surface area contributed by atoms with E-state index < -0.39 is 0 Å². The van der Waals surface area contributed by atoms with Crippen molar-refractivity contribution in [2.24, 2.45) is 52.3 Å². The molecule has 44 heavy (non-hydrogen) atoms. The highest BCUT2D eigenvalue weighted by atomic mass is 16.6. The van der Waals surface area contributed by atoms with Crippen LogP contribution in [0.2, 0.25) is 0 Å². The van der Waals surface area contributed by atoms with Gasteiger partial charge in [-0.3, -0.25) is 0 Å². The molecule has 3 saturated carbocycles. The number of aliphatic hydroxyl groups excluding tert-OH is 1. The summed E-state index contributed by atoms with van der Waals surface area (Å²) in [6.45, 7) is 17.5. The van der Waals surface area contributed by atoms with Crippen LogP contribution in [-0.4, -0.2) is 56.9 Å². The summed E-state index contributed by atoms with van der Waals surface area (Å²) in [6.07, 6.45) is 18.0. The van der Waals surface area contributed by atoms with E-state index in [1.807, 2.05) is 0 Å². The van der Waals surface area contributed by atoms with Crippen LogP contribution in [0, 0.1) is 52.3 Å². The van der Waals surface area contributed by atoms with E-state index in [4.69, 9.17) is 14.2 Å². The van der Waals surface area contributed by atoms with Crippen LogP contribution in [0.15, 0.2) is 11.6 Å². The van der Waals surface area contributed by atoms with E-state index in [1.165, 1.54) is 51.4 Å². The van der Waals surface area contributed by atoms with Crippen molar-refractivity contribution in [3.63, 3.8) is 0 Å². The highest BCUT2D eigenvalue weighted by molar-refractivity contribution is 5.67. The van der Waals surface area contributed by atoms with Crippen LogP contribution in [0.25, 0.3) is 0 Å². The summed E-state index contributed by atoms with van der Waals surface area (Å²) < 4.78 is 17.1. The van der Waals surface area contributed by atoms with Gasteiger partial charge in [-0.05, 0) is 104 Å². The molecule has 4 aliphatic carbocycles. The van der Waals surface area contributed by atoms with Crippen LogP contribution in [-0.2, 0) is 14.2 Å². The van der Waals surface area contributed by atoms with Crippen LogP contribution in [0.3, 0.4) is 0 Å². The summed E-state index contributed by atoms with van der Waals surface area (Å²) in [4.78, 5) is 12.6. The molecule has 0 heterocycles. The lowest BCUT2D eigenvalue weighted by Gasteiger charge is -2.58. The lowest BCUT2D eigenvalue weighted by molar-refractivity contribution is -0.0581. The van der Waals surface area contributed by atoms with E-state index in [9.17, 15) is 9.90 Å². The number of nitrogens with one attached hydrogen (secondary N) is 1. The first-order valence-electron chi connectivity index (χ1n) is 18.5. The number of hydrogen-bond donors (Lipinski definition) is 2. The second-order valence-electron chi connectivity index (χ2n) is 16.0. The smallest absolute Gasteiger partial charge is 0.407 e. The molecule has 9 atom stereocenters. The number of alkyl carbamates (subject to hydrolysis) is 1. The molecule has 6 nitrogen and oxygen atoms in total. The van der Waals surface area contributed by atoms with Gasteiger partial charge in [-0.25, -0.2) is 4.79 Å². The molecule has 0 spiro atoms. The Morgan fingerprint density at radius 1 is 1.00 bits per heavy atom. The molecule has 0 radical (unpaired) electrons. The highest BCUT2D eigenvalue weighted by Crippen LogP contribution is 2.67. The molecule has 0 bridgehead atoms. The second-order valence-corrected chi connectivity index (χ2v) is 16.0. The topological polar surface area (TPSA) is 77.0 Å². The van der Waals surface area contributed by atoms with E-state index in [2.05, 4.69) is 52.9 Å². The summed E-state index contributed by atoms with van der Waals surface area (Å²) in [5.74, 6) is 5.28. The van der Waals surface area contributed by atoms with Crippen LogP contribution in [0.5, 0.6) is 0 Å². The third-order valence-electron chi connectivity index (χ3n) is 12.8. The molecule has 0 aromatic carbocycles. The van der Waals surface area contributed by atoms with Crippen molar-refractivity contribution in [2.45, 2.75) is 131 Å². The Bertz CT molecular complexity index is 917.